The summed E-state index contributed by atoms with van der Waals surface area (Å²) in [7, 11) is 0. The van der Waals surface area contributed by atoms with Gasteiger partial charge in [-0.15, -0.1) is 4.37 Å². The molecule has 0 aliphatic heterocycles. The number of aromatic nitrogens is 3. The molecule has 5 nitrogen and oxygen atoms in total. The lowest BCUT2D eigenvalue weighted by molar-refractivity contribution is -0.125. The highest BCUT2D eigenvalue weighted by atomic mass is 32.2. The van der Waals surface area contributed by atoms with E-state index in [0.717, 1.165) is 42.2 Å². The number of pyridine rings is 1. The molecule has 138 valence electrons. The Kier molecular flexibility index (Phi) is 5.55. The summed E-state index contributed by atoms with van der Waals surface area (Å²) >= 11 is 2.91. The maximum Gasteiger partial charge on any atom is 0.260 e. The summed E-state index contributed by atoms with van der Waals surface area (Å²) in [5, 5.41) is 0.899. The van der Waals surface area contributed by atoms with Gasteiger partial charge in [-0.25, -0.2) is 0 Å². The smallest absolute Gasteiger partial charge is 0.260 e. The number of carbonyl (C=O) groups is 1. The van der Waals surface area contributed by atoms with Gasteiger partial charge in [0, 0.05) is 30.1 Å². The van der Waals surface area contributed by atoms with Crippen molar-refractivity contribution in [3.8, 4) is 5.88 Å². The number of ketones is 1. The van der Waals surface area contributed by atoms with Crippen molar-refractivity contribution in [1.29, 1.82) is 0 Å². The van der Waals surface area contributed by atoms with Gasteiger partial charge in [0.25, 0.3) is 5.88 Å². The van der Waals surface area contributed by atoms with Crippen LogP contribution in [0.5, 0.6) is 5.88 Å². The van der Waals surface area contributed by atoms with Crippen LogP contribution in [0.1, 0.15) is 38.3 Å². The Morgan fingerprint density at radius 2 is 2.23 bits per heavy atom. The number of carbonyl (C=O) groups excluding carboxylic acids is 1. The SMILES string of the molecule is CCCSc1nsnc1OC1CC2CC(C(=O)Cc3ccccn3)C1C2. The van der Waals surface area contributed by atoms with Gasteiger partial charge >= 0.3 is 0 Å². The van der Waals surface area contributed by atoms with Crippen LogP contribution in [-0.4, -0.2) is 31.4 Å². The van der Waals surface area contributed by atoms with E-state index in [2.05, 4.69) is 20.7 Å². The molecule has 2 aromatic heterocycles. The molecule has 4 rings (SSSR count). The predicted octanol–water partition coefficient (Wildman–Crippen LogP) is 4.04. The Morgan fingerprint density at radius 3 is 3.00 bits per heavy atom. The molecule has 2 fully saturated rings. The average Bonchev–Trinajstić information content (AvgIpc) is 3.37. The Balaban J connectivity index is 1.41. The molecule has 2 heterocycles. The molecule has 2 saturated carbocycles. The van der Waals surface area contributed by atoms with Gasteiger partial charge in [-0.1, -0.05) is 24.8 Å². The Bertz CT molecular complexity index is 752. The van der Waals surface area contributed by atoms with Crippen LogP contribution in [0.4, 0.5) is 0 Å². The standard InChI is InChI=1S/C19H23N3O2S2/c1-2-7-25-19-18(21-26-22-19)24-17-10-12-8-14(15(17)9-12)16(23)11-13-5-3-4-6-20-13/h3-6,12,14-15,17H,2,7-11H2,1H3. The highest BCUT2D eigenvalue weighted by Gasteiger charge is 2.50. The number of ether oxygens (including phenoxy) is 1. The van der Waals surface area contributed by atoms with Crippen molar-refractivity contribution in [3.05, 3.63) is 30.1 Å². The topological polar surface area (TPSA) is 65.0 Å². The normalized spacial score (nSPS) is 27.0. The molecule has 2 aromatic rings. The lowest BCUT2D eigenvalue weighted by atomic mass is 9.82. The van der Waals surface area contributed by atoms with Crippen LogP contribution < -0.4 is 4.74 Å². The van der Waals surface area contributed by atoms with E-state index in [9.17, 15) is 4.79 Å². The van der Waals surface area contributed by atoms with Gasteiger partial charge in [-0.05, 0) is 49.5 Å². The van der Waals surface area contributed by atoms with Gasteiger partial charge in [0.05, 0.1) is 11.7 Å². The van der Waals surface area contributed by atoms with Crippen LogP contribution in [0.2, 0.25) is 0 Å². The second kappa shape index (κ2) is 8.05. The lowest BCUT2D eigenvalue weighted by Gasteiger charge is -2.28. The van der Waals surface area contributed by atoms with Gasteiger partial charge < -0.3 is 4.74 Å². The van der Waals surface area contributed by atoms with Crippen LogP contribution in [0.15, 0.2) is 29.4 Å². The van der Waals surface area contributed by atoms with Crippen LogP contribution >= 0.6 is 23.5 Å². The number of hydrogen-bond donors (Lipinski definition) is 0. The second-order valence-corrected chi connectivity index (χ2v) is 8.80. The van der Waals surface area contributed by atoms with Gasteiger partial charge in [0.1, 0.15) is 11.9 Å². The van der Waals surface area contributed by atoms with Gasteiger partial charge in [-0.2, -0.15) is 4.37 Å². The van der Waals surface area contributed by atoms with Crippen LogP contribution in [-0.2, 0) is 11.2 Å². The minimum Gasteiger partial charge on any atom is -0.471 e. The molecule has 0 N–H and O–H groups in total. The summed E-state index contributed by atoms with van der Waals surface area (Å²) in [4.78, 5) is 17.1. The molecule has 0 saturated heterocycles. The summed E-state index contributed by atoms with van der Waals surface area (Å²) in [6.45, 7) is 2.15. The summed E-state index contributed by atoms with van der Waals surface area (Å²) in [5.74, 6) is 2.99. The summed E-state index contributed by atoms with van der Waals surface area (Å²) in [6, 6.07) is 5.75. The number of nitrogens with zero attached hydrogens (tertiary/aromatic N) is 3. The van der Waals surface area contributed by atoms with Crippen molar-refractivity contribution < 1.29 is 9.53 Å². The van der Waals surface area contributed by atoms with Gasteiger partial charge in [-0.3, -0.25) is 9.78 Å². The molecular formula is C19H23N3O2S2. The number of rotatable bonds is 8. The molecule has 4 unspecified atom stereocenters. The Labute approximate surface area is 162 Å². The van der Waals surface area contributed by atoms with Gasteiger partial charge in [0.15, 0.2) is 5.03 Å². The van der Waals surface area contributed by atoms with E-state index in [0.29, 0.717) is 29.9 Å². The second-order valence-electron chi connectivity index (χ2n) is 7.19. The third-order valence-electron chi connectivity index (χ3n) is 5.38. The minimum atomic E-state index is 0.0938. The number of Topliss-reactive ketones (excluding diaryl/α,β-unsaturated/α-hetero) is 1. The molecule has 4 atom stereocenters. The average molecular weight is 390 g/mol. The fourth-order valence-corrected chi connectivity index (χ4v) is 5.66. The number of hydrogen-bond acceptors (Lipinski definition) is 7. The minimum absolute atomic E-state index is 0.0938. The number of fused-ring (bicyclic) bond motifs is 2. The maximum atomic E-state index is 12.8. The first kappa shape index (κ1) is 17.9. The Hall–Kier alpha value is -1.47. The quantitative estimate of drug-likeness (QED) is 0.635. The van der Waals surface area contributed by atoms with E-state index in [-0.39, 0.29) is 12.0 Å². The van der Waals surface area contributed by atoms with Crippen molar-refractivity contribution in [3.63, 3.8) is 0 Å². The van der Waals surface area contributed by atoms with Crippen molar-refractivity contribution in [2.45, 2.75) is 50.2 Å². The molecule has 26 heavy (non-hydrogen) atoms. The third-order valence-corrected chi connectivity index (χ3v) is 7.16. The summed E-state index contributed by atoms with van der Waals surface area (Å²) in [5.41, 5.74) is 0.861. The summed E-state index contributed by atoms with van der Waals surface area (Å²) < 4.78 is 15.0. The molecule has 7 heteroatoms. The fraction of sp³-hybridized carbons (Fsp3) is 0.579. The van der Waals surface area contributed by atoms with E-state index < -0.39 is 0 Å². The Morgan fingerprint density at radius 1 is 1.31 bits per heavy atom. The van der Waals surface area contributed by atoms with E-state index in [1.807, 2.05) is 18.2 Å². The van der Waals surface area contributed by atoms with Crippen molar-refractivity contribution in [1.82, 2.24) is 13.7 Å². The zero-order valence-electron chi connectivity index (χ0n) is 14.8. The van der Waals surface area contributed by atoms with E-state index in [1.165, 1.54) is 11.7 Å². The van der Waals surface area contributed by atoms with Crippen LogP contribution in [0.3, 0.4) is 0 Å². The molecular weight excluding hydrogens is 366 g/mol. The first-order valence-corrected chi connectivity index (χ1v) is 11.0. The maximum absolute atomic E-state index is 12.8. The third kappa shape index (κ3) is 3.78. The monoisotopic (exact) mass is 389 g/mol. The molecule has 0 aromatic carbocycles. The molecule has 2 bridgehead atoms. The molecule has 0 spiro atoms. The van der Waals surface area contributed by atoms with Gasteiger partial charge in [0.2, 0.25) is 0 Å². The zero-order chi connectivity index (χ0) is 17.9. The van der Waals surface area contributed by atoms with Crippen LogP contribution in [0.25, 0.3) is 0 Å². The predicted molar refractivity (Wildman–Crippen MR) is 103 cm³/mol. The molecule has 0 amide bonds. The van der Waals surface area contributed by atoms with Crippen molar-refractivity contribution in [2.24, 2.45) is 17.8 Å². The van der Waals surface area contributed by atoms with Crippen molar-refractivity contribution in [2.75, 3.05) is 5.75 Å². The fourth-order valence-electron chi connectivity index (χ4n) is 4.28. The van der Waals surface area contributed by atoms with Crippen molar-refractivity contribution >= 4 is 29.3 Å². The lowest BCUT2D eigenvalue weighted by Crippen LogP contribution is -2.34. The highest BCUT2D eigenvalue weighted by Crippen LogP contribution is 2.50. The first-order valence-electron chi connectivity index (χ1n) is 9.29. The number of thioether (sulfide) groups is 1. The van der Waals surface area contributed by atoms with Crippen LogP contribution in [0, 0.1) is 17.8 Å². The zero-order valence-corrected chi connectivity index (χ0v) is 16.5. The van der Waals surface area contributed by atoms with E-state index in [4.69, 9.17) is 4.74 Å². The first-order chi connectivity index (χ1) is 12.7. The van der Waals surface area contributed by atoms with E-state index in [1.54, 1.807) is 18.0 Å². The summed E-state index contributed by atoms with van der Waals surface area (Å²) in [6.07, 6.45) is 6.50. The molecule has 2 aliphatic rings. The van der Waals surface area contributed by atoms with E-state index >= 15 is 0 Å². The molecule has 2 aliphatic carbocycles. The highest BCUT2D eigenvalue weighted by molar-refractivity contribution is 7.99. The molecule has 0 radical (unpaired) electrons. The largest absolute Gasteiger partial charge is 0.471 e.